The topological polar surface area (TPSA) is 0 Å². The van der Waals surface area contributed by atoms with Gasteiger partial charge >= 0.3 is 0 Å². The molecule has 0 aromatic carbocycles. The number of allylic oxidation sites excluding steroid dienone is 20. The first-order valence-electron chi connectivity index (χ1n) is 52.4. The van der Waals surface area contributed by atoms with Gasteiger partial charge in [0.05, 0.1) is 0 Å². The first kappa shape index (κ1) is 95.6. The van der Waals surface area contributed by atoms with Gasteiger partial charge in [0, 0.05) is 0 Å². The maximum atomic E-state index is 2.56. The highest BCUT2D eigenvalue weighted by Crippen LogP contribution is 2.49. The summed E-state index contributed by atoms with van der Waals surface area (Å²) >= 11 is 0. The van der Waals surface area contributed by atoms with E-state index in [1.165, 1.54) is 289 Å². The highest BCUT2D eigenvalue weighted by atomic mass is 14.4. The Kier molecular flexibility index (Phi) is 40.1. The number of hydrogen-bond donors (Lipinski definition) is 0. The monoisotopic (exact) mass is 1590 g/mol. The summed E-state index contributed by atoms with van der Waals surface area (Å²) in [4.78, 5) is 0. The third kappa shape index (κ3) is 32.2. The minimum Gasteiger partial charge on any atom is -0.0854 e. The quantitative estimate of drug-likeness (QED) is 0.212. The average Bonchev–Trinajstić information content (AvgIpc) is 0.897. The first-order chi connectivity index (χ1) is 55.6. The Hall–Kier alpha value is -2.60. The predicted octanol–water partition coefficient (Wildman–Crippen LogP) is 36.3. The molecule has 9 saturated carbocycles. The van der Waals surface area contributed by atoms with E-state index in [0.29, 0.717) is 0 Å². The molecule has 0 bridgehead atoms. The Bertz CT molecular complexity index is 2960. The zero-order chi connectivity index (χ0) is 83.0. The molecule has 0 nitrogen and oxygen atoms in total. The summed E-state index contributed by atoms with van der Waals surface area (Å²) in [6.07, 6.45) is 97.3. The van der Waals surface area contributed by atoms with Gasteiger partial charge in [0.15, 0.2) is 0 Å². The molecule has 19 aliphatic carbocycles. The van der Waals surface area contributed by atoms with E-state index in [1.54, 1.807) is 39.0 Å². The van der Waals surface area contributed by atoms with E-state index >= 15 is 0 Å². The van der Waals surface area contributed by atoms with Crippen LogP contribution in [0.1, 0.15) is 427 Å². The summed E-state index contributed by atoms with van der Waals surface area (Å²) < 4.78 is 0. The van der Waals surface area contributed by atoms with Gasteiger partial charge in [0.2, 0.25) is 0 Å². The molecule has 0 amide bonds. The summed E-state index contributed by atoms with van der Waals surface area (Å²) in [5.41, 5.74) is 12.0. The van der Waals surface area contributed by atoms with Gasteiger partial charge in [-0.3, -0.25) is 0 Å². The van der Waals surface area contributed by atoms with Crippen LogP contribution in [-0.2, 0) is 0 Å². The fourth-order valence-corrected chi connectivity index (χ4v) is 27.1. The summed E-state index contributed by atoms with van der Waals surface area (Å²) in [7, 11) is 0. The molecule has 9 fully saturated rings. The summed E-state index contributed by atoms with van der Waals surface area (Å²) in [6.45, 7) is 47.3. The highest BCUT2D eigenvalue weighted by molar-refractivity contribution is 5.18. The largest absolute Gasteiger partial charge is 0.0854 e. The smallest absolute Gasteiger partial charge is 0.0200 e. The van der Waals surface area contributed by atoms with E-state index in [4.69, 9.17) is 0 Å². The van der Waals surface area contributed by atoms with Crippen molar-refractivity contribution in [3.8, 4) is 0 Å². The Balaban J connectivity index is 0.000000136. The molecule has 0 aliphatic heterocycles. The molecule has 0 heteroatoms. The SMILES string of the molecule is CC1=CC2CCC(C)CC2CC1.CC1=CC2CCC(C)CC2CC1.CC1=CCC2CC(C)CCC2C1.CC1=CCC2CC(C)CCC2C1.CC1C=C2CCC(C)CC2CC1.CC1C=C2CCC(C)CC2CC1.CC1C=CC(C)CC1.CC1C=CC2CC(C)CCC2C1.CC1C=CC2CC(C)CCC2C1.CC1CCC2CC(C)CC=C2C1. The van der Waals surface area contributed by atoms with Crippen molar-refractivity contribution in [3.63, 3.8) is 0 Å². The van der Waals surface area contributed by atoms with Crippen molar-refractivity contribution in [1.29, 1.82) is 0 Å². The van der Waals surface area contributed by atoms with Gasteiger partial charge in [-0.2, -0.15) is 0 Å². The fourth-order valence-electron chi connectivity index (χ4n) is 27.1. The van der Waals surface area contributed by atoms with Crippen LogP contribution in [0.2, 0.25) is 0 Å². The predicted molar refractivity (Wildman–Crippen MR) is 513 cm³/mol. The molecule has 0 radical (unpaired) electrons. The van der Waals surface area contributed by atoms with Crippen molar-refractivity contribution >= 4 is 0 Å². The van der Waals surface area contributed by atoms with Gasteiger partial charge in [-0.25, -0.2) is 0 Å². The molecule has 116 heavy (non-hydrogen) atoms. The zero-order valence-electron chi connectivity index (χ0n) is 80.7. The van der Waals surface area contributed by atoms with E-state index < -0.39 is 0 Å². The third-order valence-electron chi connectivity index (χ3n) is 34.9. The van der Waals surface area contributed by atoms with Crippen LogP contribution in [0.4, 0.5) is 0 Å². The minimum absolute atomic E-state index is 0.839. The molecule has 658 valence electrons. The van der Waals surface area contributed by atoms with Gasteiger partial charge in [0.25, 0.3) is 0 Å². The lowest BCUT2D eigenvalue weighted by Gasteiger charge is -2.37. The van der Waals surface area contributed by atoms with E-state index in [0.717, 1.165) is 183 Å². The van der Waals surface area contributed by atoms with E-state index in [2.05, 4.69) is 217 Å². The second kappa shape index (κ2) is 48.6. The summed E-state index contributed by atoms with van der Waals surface area (Å²) in [6, 6.07) is 0. The van der Waals surface area contributed by atoms with Crippen molar-refractivity contribution in [2.24, 2.45) is 183 Å². The maximum absolute atomic E-state index is 2.56. The molecule has 0 N–H and O–H groups in total. The van der Waals surface area contributed by atoms with Gasteiger partial charge in [-0.1, -0.05) is 267 Å². The molecule has 0 saturated heterocycles. The maximum Gasteiger partial charge on any atom is -0.0200 e. The van der Waals surface area contributed by atoms with Crippen LogP contribution in [0.15, 0.2) is 118 Å². The van der Waals surface area contributed by atoms with Gasteiger partial charge in [-0.05, 0) is 462 Å². The molecule has 0 aromatic heterocycles. The molecule has 31 atom stereocenters. The molecule has 19 rings (SSSR count). The van der Waals surface area contributed by atoms with Crippen LogP contribution >= 0.6 is 0 Å². The summed E-state index contributed by atoms with van der Waals surface area (Å²) in [5.74, 6) is 29.9. The zero-order valence-corrected chi connectivity index (χ0v) is 80.7. The van der Waals surface area contributed by atoms with Crippen LogP contribution in [-0.4, -0.2) is 0 Å². The lowest BCUT2D eigenvalue weighted by molar-refractivity contribution is 0.180. The van der Waals surface area contributed by atoms with Gasteiger partial charge in [0.1, 0.15) is 0 Å². The van der Waals surface area contributed by atoms with Gasteiger partial charge in [-0.15, -0.1) is 0 Å². The standard InChI is InChI=1S/9C12H20.C8H14/c9*1-9-3-5-12-8-10(2)4-6-11(12)7-9;1-7-3-5-8(2)6-4-7/h2*7,10-12H,3-6,8H2,1-2H3;2*7,9-10,12H,3-6,8H2,1-2H3;5,9-11H,3-4,6-8H2,1-2H3;2*3,10-12H,4-8H2,1-2H3;2*3,5,9-12H,4,6-8H2,1-2H3;3,5,7-8H,4,6H2,1-2H3. The average molecular weight is 1590 g/mol. The van der Waals surface area contributed by atoms with Crippen molar-refractivity contribution in [3.05, 3.63) is 118 Å². The van der Waals surface area contributed by atoms with E-state index in [-0.39, 0.29) is 0 Å². The Morgan fingerprint density at radius 1 is 0.190 bits per heavy atom. The fraction of sp³-hybridized carbons (Fsp3) is 0.828. The van der Waals surface area contributed by atoms with Crippen molar-refractivity contribution < 1.29 is 0 Å². The Labute approximate surface area is 724 Å². The second-order valence-electron chi connectivity index (χ2n) is 47.1. The van der Waals surface area contributed by atoms with Crippen LogP contribution in [0, 0.1) is 183 Å². The molecule has 0 spiro atoms. The van der Waals surface area contributed by atoms with E-state index in [1.807, 2.05) is 0 Å². The molecular weight excluding hydrogens is 1390 g/mol. The van der Waals surface area contributed by atoms with Gasteiger partial charge < -0.3 is 0 Å². The molecular formula is C116H194. The lowest BCUT2D eigenvalue weighted by Crippen LogP contribution is -2.26. The number of rotatable bonds is 0. The Morgan fingerprint density at radius 2 is 0.526 bits per heavy atom. The van der Waals surface area contributed by atoms with Crippen molar-refractivity contribution in [2.75, 3.05) is 0 Å². The minimum atomic E-state index is 0.839. The Morgan fingerprint density at radius 3 is 0.957 bits per heavy atom. The highest BCUT2D eigenvalue weighted by Gasteiger charge is 2.37. The lowest BCUT2D eigenvalue weighted by atomic mass is 9.68. The number of fused-ring (bicyclic) bond motifs is 9. The molecule has 19 aliphatic rings. The first-order valence-corrected chi connectivity index (χ1v) is 52.4. The van der Waals surface area contributed by atoms with Crippen molar-refractivity contribution in [1.82, 2.24) is 0 Å². The van der Waals surface area contributed by atoms with Crippen LogP contribution in [0.25, 0.3) is 0 Å². The van der Waals surface area contributed by atoms with Crippen LogP contribution in [0.3, 0.4) is 0 Å². The van der Waals surface area contributed by atoms with Crippen molar-refractivity contribution in [2.45, 2.75) is 427 Å². The van der Waals surface area contributed by atoms with Crippen LogP contribution < -0.4 is 0 Å². The normalized spacial score (nSPS) is 42.7. The molecule has 0 heterocycles. The van der Waals surface area contributed by atoms with E-state index in [9.17, 15) is 0 Å². The second-order valence-corrected chi connectivity index (χ2v) is 47.1. The molecule has 0 aromatic rings. The summed E-state index contributed by atoms with van der Waals surface area (Å²) in [5, 5.41) is 0. The molecule has 31 unspecified atom stereocenters. The van der Waals surface area contributed by atoms with Crippen LogP contribution in [0.5, 0.6) is 0 Å². The number of hydrogen-bond acceptors (Lipinski definition) is 0. The third-order valence-corrected chi connectivity index (χ3v) is 34.9.